The maximum atomic E-state index is 5.51. The van der Waals surface area contributed by atoms with Crippen LogP contribution in [0.3, 0.4) is 0 Å². The van der Waals surface area contributed by atoms with Crippen molar-refractivity contribution < 1.29 is 0 Å². The molecule has 0 bridgehead atoms. The Balaban J connectivity index is 2.15. The van der Waals surface area contributed by atoms with Gasteiger partial charge in [-0.3, -0.25) is 0 Å². The first-order valence-corrected chi connectivity index (χ1v) is 5.49. The van der Waals surface area contributed by atoms with Crippen molar-refractivity contribution in [3.8, 4) is 0 Å². The molecule has 1 heterocycles. The van der Waals surface area contributed by atoms with Crippen molar-refractivity contribution in [3.63, 3.8) is 0 Å². The van der Waals surface area contributed by atoms with E-state index in [1.54, 1.807) is 0 Å². The predicted molar refractivity (Wildman–Crippen MR) is 57.2 cm³/mol. The van der Waals surface area contributed by atoms with Gasteiger partial charge in [-0.05, 0) is 19.4 Å². The van der Waals surface area contributed by atoms with Crippen LogP contribution in [-0.2, 0) is 11.8 Å². The van der Waals surface area contributed by atoms with Crippen LogP contribution < -0.4 is 5.73 Å². The minimum atomic E-state index is 0.298. The number of nitrogens with one attached hydrogen (secondary N) is 1. The third-order valence-electron chi connectivity index (χ3n) is 3.32. The number of hydrogen-bond donors (Lipinski definition) is 2. The second kappa shape index (κ2) is 3.73. The molecule has 3 heteroatoms. The van der Waals surface area contributed by atoms with Gasteiger partial charge in [-0.2, -0.15) is 0 Å². The average Bonchev–Trinajstić information content (AvgIpc) is 2.75. The Morgan fingerprint density at radius 2 is 2.21 bits per heavy atom. The molecule has 1 aliphatic rings. The van der Waals surface area contributed by atoms with Crippen LogP contribution in [0.5, 0.6) is 0 Å². The topological polar surface area (TPSA) is 54.7 Å². The normalized spacial score (nSPS) is 20.1. The SMILES string of the molecule is CC1(c2ncc(CCN)[nH]2)CCCC1. The molecule has 0 amide bonds. The van der Waals surface area contributed by atoms with E-state index >= 15 is 0 Å². The second-order valence-corrected chi connectivity index (χ2v) is 4.56. The molecule has 14 heavy (non-hydrogen) atoms. The molecule has 0 spiro atoms. The van der Waals surface area contributed by atoms with Gasteiger partial charge in [-0.15, -0.1) is 0 Å². The number of aromatic nitrogens is 2. The summed E-state index contributed by atoms with van der Waals surface area (Å²) in [6.45, 7) is 3.00. The van der Waals surface area contributed by atoms with E-state index < -0.39 is 0 Å². The Kier molecular flexibility index (Phi) is 2.59. The average molecular weight is 193 g/mol. The highest BCUT2D eigenvalue weighted by Crippen LogP contribution is 2.38. The third kappa shape index (κ3) is 1.69. The van der Waals surface area contributed by atoms with Gasteiger partial charge in [0.25, 0.3) is 0 Å². The summed E-state index contributed by atoms with van der Waals surface area (Å²) in [5.41, 5.74) is 6.98. The Morgan fingerprint density at radius 1 is 1.50 bits per heavy atom. The molecule has 0 saturated heterocycles. The lowest BCUT2D eigenvalue weighted by Gasteiger charge is -2.20. The van der Waals surface area contributed by atoms with E-state index in [1.807, 2.05) is 6.20 Å². The highest BCUT2D eigenvalue weighted by Gasteiger charge is 2.32. The molecule has 1 saturated carbocycles. The van der Waals surface area contributed by atoms with Gasteiger partial charge in [-0.1, -0.05) is 19.8 Å². The Bertz CT molecular complexity index is 297. The van der Waals surface area contributed by atoms with Crippen LogP contribution in [0.1, 0.15) is 44.1 Å². The molecule has 2 rings (SSSR count). The third-order valence-corrected chi connectivity index (χ3v) is 3.32. The van der Waals surface area contributed by atoms with E-state index in [4.69, 9.17) is 5.73 Å². The molecule has 1 aromatic heterocycles. The second-order valence-electron chi connectivity index (χ2n) is 4.56. The lowest BCUT2D eigenvalue weighted by molar-refractivity contribution is 0.462. The molecule has 0 radical (unpaired) electrons. The molecule has 1 fully saturated rings. The maximum Gasteiger partial charge on any atom is 0.112 e. The molecular formula is C11H19N3. The Labute approximate surface area is 85.1 Å². The number of H-pyrrole nitrogens is 1. The van der Waals surface area contributed by atoms with Crippen LogP contribution in [-0.4, -0.2) is 16.5 Å². The minimum Gasteiger partial charge on any atom is -0.345 e. The zero-order chi connectivity index (χ0) is 10.0. The number of hydrogen-bond acceptors (Lipinski definition) is 2. The fourth-order valence-electron chi connectivity index (χ4n) is 2.34. The molecule has 78 valence electrons. The van der Waals surface area contributed by atoms with E-state index in [1.165, 1.54) is 37.2 Å². The summed E-state index contributed by atoms with van der Waals surface area (Å²) in [4.78, 5) is 7.88. The highest BCUT2D eigenvalue weighted by atomic mass is 14.9. The molecule has 1 aromatic rings. The number of rotatable bonds is 3. The van der Waals surface area contributed by atoms with Crippen molar-refractivity contribution in [3.05, 3.63) is 17.7 Å². The van der Waals surface area contributed by atoms with E-state index in [0.717, 1.165) is 6.42 Å². The molecule has 0 unspecified atom stereocenters. The summed E-state index contributed by atoms with van der Waals surface area (Å²) in [5.74, 6) is 1.17. The number of nitrogens with zero attached hydrogens (tertiary/aromatic N) is 1. The summed E-state index contributed by atoms with van der Waals surface area (Å²) in [6, 6.07) is 0. The number of aromatic amines is 1. The van der Waals surface area contributed by atoms with Crippen molar-refractivity contribution in [2.75, 3.05) is 6.54 Å². The van der Waals surface area contributed by atoms with Crippen LogP contribution in [0.15, 0.2) is 6.20 Å². The fraction of sp³-hybridized carbons (Fsp3) is 0.727. The smallest absolute Gasteiger partial charge is 0.112 e. The summed E-state index contributed by atoms with van der Waals surface area (Å²) < 4.78 is 0. The molecular weight excluding hydrogens is 174 g/mol. The van der Waals surface area contributed by atoms with E-state index in [2.05, 4.69) is 16.9 Å². The molecule has 3 nitrogen and oxygen atoms in total. The van der Waals surface area contributed by atoms with Gasteiger partial charge in [0.15, 0.2) is 0 Å². The monoisotopic (exact) mass is 193 g/mol. The predicted octanol–water partition coefficient (Wildman–Crippen LogP) is 1.74. The molecule has 1 aliphatic carbocycles. The van der Waals surface area contributed by atoms with Crippen LogP contribution >= 0.6 is 0 Å². The maximum absolute atomic E-state index is 5.51. The lowest BCUT2D eigenvalue weighted by Crippen LogP contribution is -2.18. The summed E-state index contributed by atoms with van der Waals surface area (Å²) >= 11 is 0. The van der Waals surface area contributed by atoms with E-state index in [-0.39, 0.29) is 0 Å². The van der Waals surface area contributed by atoms with Crippen LogP contribution in [0.2, 0.25) is 0 Å². The lowest BCUT2D eigenvalue weighted by atomic mass is 9.88. The largest absolute Gasteiger partial charge is 0.345 e. The van der Waals surface area contributed by atoms with Crippen LogP contribution in [0.25, 0.3) is 0 Å². The first-order valence-electron chi connectivity index (χ1n) is 5.49. The van der Waals surface area contributed by atoms with Gasteiger partial charge in [-0.25, -0.2) is 4.98 Å². The van der Waals surface area contributed by atoms with Crippen molar-refractivity contribution in [1.82, 2.24) is 9.97 Å². The zero-order valence-electron chi connectivity index (χ0n) is 8.84. The van der Waals surface area contributed by atoms with Crippen molar-refractivity contribution in [2.24, 2.45) is 5.73 Å². The van der Waals surface area contributed by atoms with Gasteiger partial charge in [0.05, 0.1) is 0 Å². The van der Waals surface area contributed by atoms with Gasteiger partial charge in [0.1, 0.15) is 5.82 Å². The molecule has 3 N–H and O–H groups in total. The standard InChI is InChI=1S/C11H19N3/c1-11(5-2-3-6-11)10-13-8-9(14-10)4-7-12/h8H,2-7,12H2,1H3,(H,13,14). The Morgan fingerprint density at radius 3 is 2.86 bits per heavy atom. The quantitative estimate of drug-likeness (QED) is 0.768. The number of nitrogens with two attached hydrogens (primary N) is 1. The van der Waals surface area contributed by atoms with Gasteiger partial charge >= 0.3 is 0 Å². The van der Waals surface area contributed by atoms with Crippen molar-refractivity contribution in [2.45, 2.75) is 44.4 Å². The van der Waals surface area contributed by atoms with Crippen LogP contribution in [0, 0.1) is 0 Å². The molecule has 0 atom stereocenters. The minimum absolute atomic E-state index is 0.298. The Hall–Kier alpha value is -0.830. The van der Waals surface area contributed by atoms with Gasteiger partial charge < -0.3 is 10.7 Å². The fourth-order valence-corrected chi connectivity index (χ4v) is 2.34. The molecule has 0 aromatic carbocycles. The van der Waals surface area contributed by atoms with Crippen molar-refractivity contribution in [1.29, 1.82) is 0 Å². The zero-order valence-corrected chi connectivity index (χ0v) is 8.84. The van der Waals surface area contributed by atoms with Gasteiger partial charge in [0.2, 0.25) is 0 Å². The van der Waals surface area contributed by atoms with E-state index in [9.17, 15) is 0 Å². The first-order chi connectivity index (χ1) is 6.74. The van der Waals surface area contributed by atoms with E-state index in [0.29, 0.717) is 12.0 Å². The van der Waals surface area contributed by atoms with Crippen molar-refractivity contribution >= 4 is 0 Å². The highest BCUT2D eigenvalue weighted by molar-refractivity contribution is 5.13. The summed E-state index contributed by atoms with van der Waals surface area (Å²) in [6.07, 6.45) is 8.05. The summed E-state index contributed by atoms with van der Waals surface area (Å²) in [7, 11) is 0. The molecule has 0 aliphatic heterocycles. The summed E-state index contributed by atoms with van der Waals surface area (Å²) in [5, 5.41) is 0. The van der Waals surface area contributed by atoms with Gasteiger partial charge in [0, 0.05) is 23.7 Å². The first kappa shape index (κ1) is 9.71. The van der Waals surface area contributed by atoms with Crippen LogP contribution in [0.4, 0.5) is 0 Å². The number of imidazole rings is 1.